The molecule has 0 radical (unpaired) electrons. The van der Waals surface area contributed by atoms with Crippen LogP contribution in [0.3, 0.4) is 0 Å². The minimum absolute atomic E-state index is 0.0744. The van der Waals surface area contributed by atoms with Gasteiger partial charge in [0.25, 0.3) is 0 Å². The van der Waals surface area contributed by atoms with Crippen LogP contribution in [-0.4, -0.2) is 0 Å². The maximum Gasteiger partial charge on any atom is 0.194 e. The van der Waals surface area contributed by atoms with Crippen LogP contribution in [0.15, 0.2) is 34.8 Å². The molecule has 2 aromatic carbocycles. The van der Waals surface area contributed by atoms with Crippen LogP contribution >= 0.6 is 15.9 Å². The molecule has 5 heteroatoms. The zero-order valence-electron chi connectivity index (χ0n) is 10.1. The Kier molecular flexibility index (Phi) is 3.96. The van der Waals surface area contributed by atoms with E-state index in [1.165, 1.54) is 0 Å². The molecule has 0 aliphatic heterocycles. The summed E-state index contributed by atoms with van der Waals surface area (Å²) in [4.78, 5) is 0. The van der Waals surface area contributed by atoms with E-state index in [0.717, 1.165) is 22.2 Å². The molecule has 100 valence electrons. The molecule has 0 saturated heterocycles. The first-order valence-electron chi connectivity index (χ1n) is 5.57. The highest BCUT2D eigenvalue weighted by Crippen LogP contribution is 2.27. The van der Waals surface area contributed by atoms with Gasteiger partial charge in [-0.15, -0.1) is 0 Å². The van der Waals surface area contributed by atoms with Gasteiger partial charge in [0.15, 0.2) is 17.5 Å². The average Bonchev–Trinajstić information content (AvgIpc) is 2.39. The zero-order chi connectivity index (χ0) is 14.2. The predicted octanol–water partition coefficient (Wildman–Crippen LogP) is 4.22. The molecular weight excluding hydrogens is 319 g/mol. The second kappa shape index (κ2) is 5.35. The molecule has 2 N–H and O–H groups in total. The Bertz CT molecular complexity index is 628. The van der Waals surface area contributed by atoms with E-state index in [0.29, 0.717) is 5.56 Å². The molecule has 0 heterocycles. The van der Waals surface area contributed by atoms with Crippen molar-refractivity contribution in [3.05, 3.63) is 68.9 Å². The molecule has 1 unspecified atom stereocenters. The first-order valence-corrected chi connectivity index (χ1v) is 6.36. The fourth-order valence-electron chi connectivity index (χ4n) is 1.76. The Morgan fingerprint density at radius 2 is 1.74 bits per heavy atom. The van der Waals surface area contributed by atoms with Gasteiger partial charge in [-0.1, -0.05) is 34.1 Å². The van der Waals surface area contributed by atoms with Crippen molar-refractivity contribution in [3.63, 3.8) is 0 Å². The predicted molar refractivity (Wildman–Crippen MR) is 71.2 cm³/mol. The molecule has 1 atom stereocenters. The Balaban J connectivity index is 2.47. The van der Waals surface area contributed by atoms with Gasteiger partial charge in [0, 0.05) is 10.0 Å². The topological polar surface area (TPSA) is 26.0 Å². The van der Waals surface area contributed by atoms with E-state index in [4.69, 9.17) is 5.73 Å². The van der Waals surface area contributed by atoms with Crippen molar-refractivity contribution in [1.29, 1.82) is 0 Å². The molecule has 2 aromatic rings. The molecule has 0 amide bonds. The van der Waals surface area contributed by atoms with Crippen LogP contribution in [0.1, 0.15) is 22.7 Å². The minimum atomic E-state index is -1.50. The van der Waals surface area contributed by atoms with Gasteiger partial charge in [0.1, 0.15) is 0 Å². The molecule has 19 heavy (non-hydrogen) atoms. The van der Waals surface area contributed by atoms with Crippen LogP contribution in [0, 0.1) is 24.4 Å². The Hall–Kier alpha value is -1.33. The third kappa shape index (κ3) is 2.67. The summed E-state index contributed by atoms with van der Waals surface area (Å²) in [6.07, 6.45) is 0. The van der Waals surface area contributed by atoms with Crippen molar-refractivity contribution in [2.75, 3.05) is 0 Å². The van der Waals surface area contributed by atoms with Crippen LogP contribution in [0.4, 0.5) is 13.2 Å². The largest absolute Gasteiger partial charge is 0.320 e. The molecule has 1 nitrogen and oxygen atoms in total. The van der Waals surface area contributed by atoms with Gasteiger partial charge < -0.3 is 5.73 Å². The second-order valence-electron chi connectivity index (χ2n) is 4.25. The Labute approximate surface area is 117 Å². The SMILES string of the molecule is Cc1ccc(C(N)c2ccc(F)c(F)c2F)cc1Br. The summed E-state index contributed by atoms with van der Waals surface area (Å²) in [6, 6.07) is 6.46. The van der Waals surface area contributed by atoms with E-state index in [9.17, 15) is 13.2 Å². The van der Waals surface area contributed by atoms with Crippen molar-refractivity contribution in [2.45, 2.75) is 13.0 Å². The molecule has 0 saturated carbocycles. The van der Waals surface area contributed by atoms with Crippen molar-refractivity contribution >= 4 is 15.9 Å². The maximum absolute atomic E-state index is 13.7. The van der Waals surface area contributed by atoms with E-state index in [2.05, 4.69) is 15.9 Å². The minimum Gasteiger partial charge on any atom is -0.320 e. The highest BCUT2D eigenvalue weighted by Gasteiger charge is 2.19. The number of nitrogens with two attached hydrogens (primary N) is 1. The fourth-order valence-corrected chi connectivity index (χ4v) is 2.16. The van der Waals surface area contributed by atoms with E-state index in [1.807, 2.05) is 13.0 Å². The number of hydrogen-bond acceptors (Lipinski definition) is 1. The molecule has 0 fully saturated rings. The highest BCUT2D eigenvalue weighted by molar-refractivity contribution is 9.10. The lowest BCUT2D eigenvalue weighted by Gasteiger charge is -2.15. The number of aryl methyl sites for hydroxylation is 1. The zero-order valence-corrected chi connectivity index (χ0v) is 11.6. The normalized spacial score (nSPS) is 12.5. The molecule has 0 bridgehead atoms. The van der Waals surface area contributed by atoms with Gasteiger partial charge in [0.2, 0.25) is 0 Å². The van der Waals surface area contributed by atoms with Gasteiger partial charge in [-0.2, -0.15) is 0 Å². The van der Waals surface area contributed by atoms with E-state index in [1.54, 1.807) is 12.1 Å². The monoisotopic (exact) mass is 329 g/mol. The maximum atomic E-state index is 13.7. The summed E-state index contributed by atoms with van der Waals surface area (Å²) in [5, 5.41) is 0. The molecule has 0 aliphatic rings. The molecule has 0 aromatic heterocycles. The standard InChI is InChI=1S/C14H11BrF3N/c1-7-2-3-8(6-10(7)15)14(19)9-4-5-11(16)13(18)12(9)17/h2-6,14H,19H2,1H3. The Morgan fingerprint density at radius 1 is 1.05 bits per heavy atom. The summed E-state index contributed by atoms with van der Waals surface area (Å²) >= 11 is 3.35. The van der Waals surface area contributed by atoms with Crippen LogP contribution in [-0.2, 0) is 0 Å². The van der Waals surface area contributed by atoms with Crippen molar-refractivity contribution in [3.8, 4) is 0 Å². The van der Waals surface area contributed by atoms with E-state index < -0.39 is 23.5 Å². The summed E-state index contributed by atoms with van der Waals surface area (Å²) in [6.45, 7) is 1.90. The molecule has 2 rings (SSSR count). The quantitative estimate of drug-likeness (QED) is 0.820. The lowest BCUT2D eigenvalue weighted by atomic mass is 9.98. The van der Waals surface area contributed by atoms with Gasteiger partial charge in [-0.05, 0) is 30.2 Å². The van der Waals surface area contributed by atoms with E-state index >= 15 is 0 Å². The highest BCUT2D eigenvalue weighted by atomic mass is 79.9. The summed E-state index contributed by atoms with van der Waals surface area (Å²) in [7, 11) is 0. The molecular formula is C14H11BrF3N. The second-order valence-corrected chi connectivity index (χ2v) is 5.11. The molecule has 0 aliphatic carbocycles. The van der Waals surface area contributed by atoms with Crippen LogP contribution in [0.25, 0.3) is 0 Å². The third-order valence-corrected chi connectivity index (χ3v) is 3.81. The molecule has 0 spiro atoms. The average molecular weight is 330 g/mol. The fraction of sp³-hybridized carbons (Fsp3) is 0.143. The van der Waals surface area contributed by atoms with Crippen LogP contribution in [0.2, 0.25) is 0 Å². The van der Waals surface area contributed by atoms with Gasteiger partial charge >= 0.3 is 0 Å². The Morgan fingerprint density at radius 3 is 2.37 bits per heavy atom. The van der Waals surface area contributed by atoms with Crippen LogP contribution in [0.5, 0.6) is 0 Å². The van der Waals surface area contributed by atoms with Crippen molar-refractivity contribution in [1.82, 2.24) is 0 Å². The van der Waals surface area contributed by atoms with Crippen molar-refractivity contribution in [2.24, 2.45) is 5.73 Å². The smallest absolute Gasteiger partial charge is 0.194 e. The van der Waals surface area contributed by atoms with Gasteiger partial charge in [-0.3, -0.25) is 0 Å². The number of hydrogen-bond donors (Lipinski definition) is 1. The van der Waals surface area contributed by atoms with Crippen LogP contribution < -0.4 is 5.73 Å². The van der Waals surface area contributed by atoms with Gasteiger partial charge in [-0.25, -0.2) is 13.2 Å². The first kappa shape index (κ1) is 14.1. The summed E-state index contributed by atoms with van der Waals surface area (Å²) in [5.74, 6) is -3.97. The lowest BCUT2D eigenvalue weighted by molar-refractivity contribution is 0.438. The summed E-state index contributed by atoms with van der Waals surface area (Å²) in [5.41, 5.74) is 7.45. The van der Waals surface area contributed by atoms with E-state index in [-0.39, 0.29) is 5.56 Å². The number of halogens is 4. The first-order chi connectivity index (χ1) is 8.91. The summed E-state index contributed by atoms with van der Waals surface area (Å²) < 4.78 is 40.6. The van der Waals surface area contributed by atoms with Gasteiger partial charge in [0.05, 0.1) is 6.04 Å². The third-order valence-electron chi connectivity index (χ3n) is 2.96. The lowest BCUT2D eigenvalue weighted by Crippen LogP contribution is -2.15. The number of rotatable bonds is 2. The van der Waals surface area contributed by atoms with Crippen molar-refractivity contribution < 1.29 is 13.2 Å². The number of benzene rings is 2.